The van der Waals surface area contributed by atoms with Crippen molar-refractivity contribution < 1.29 is 9.53 Å². The fraction of sp³-hybridized carbons (Fsp3) is 0.250. The SMILES string of the molecule is CN(C(=O)c1cccnc1)[C@@H]1CCOc2ccc(Br)cc21. The van der Waals surface area contributed by atoms with Gasteiger partial charge in [-0.15, -0.1) is 0 Å². The van der Waals surface area contributed by atoms with Gasteiger partial charge in [0, 0.05) is 35.9 Å². The molecule has 0 bridgehead atoms. The second kappa shape index (κ2) is 5.85. The maximum atomic E-state index is 12.6. The minimum atomic E-state index is -0.0269. The molecule has 0 spiro atoms. The highest BCUT2D eigenvalue weighted by atomic mass is 79.9. The maximum Gasteiger partial charge on any atom is 0.255 e. The van der Waals surface area contributed by atoms with Gasteiger partial charge in [-0.05, 0) is 30.3 Å². The van der Waals surface area contributed by atoms with Crippen LogP contribution < -0.4 is 4.74 Å². The van der Waals surface area contributed by atoms with Gasteiger partial charge in [0.15, 0.2) is 0 Å². The number of hydrogen-bond donors (Lipinski definition) is 0. The van der Waals surface area contributed by atoms with Crippen LogP contribution in [0.2, 0.25) is 0 Å². The average Bonchev–Trinajstić information content (AvgIpc) is 2.53. The topological polar surface area (TPSA) is 42.4 Å². The van der Waals surface area contributed by atoms with Crippen molar-refractivity contribution in [3.8, 4) is 5.75 Å². The van der Waals surface area contributed by atoms with E-state index in [-0.39, 0.29) is 11.9 Å². The van der Waals surface area contributed by atoms with Crippen LogP contribution in [0.1, 0.15) is 28.4 Å². The molecule has 0 saturated heterocycles. The Hall–Kier alpha value is -1.88. The van der Waals surface area contributed by atoms with E-state index in [1.807, 2.05) is 25.2 Å². The van der Waals surface area contributed by atoms with Crippen LogP contribution in [0, 0.1) is 0 Å². The predicted molar refractivity (Wildman–Crippen MR) is 83.3 cm³/mol. The summed E-state index contributed by atoms with van der Waals surface area (Å²) in [6, 6.07) is 9.48. The van der Waals surface area contributed by atoms with E-state index in [1.165, 1.54) is 0 Å². The Morgan fingerprint density at radius 3 is 3.05 bits per heavy atom. The second-order valence-corrected chi connectivity index (χ2v) is 5.91. The molecule has 0 N–H and O–H groups in total. The van der Waals surface area contributed by atoms with Gasteiger partial charge < -0.3 is 9.64 Å². The molecular weight excluding hydrogens is 332 g/mol. The summed E-state index contributed by atoms with van der Waals surface area (Å²) in [4.78, 5) is 18.4. The monoisotopic (exact) mass is 346 g/mol. The first-order valence-corrected chi connectivity index (χ1v) is 7.55. The minimum Gasteiger partial charge on any atom is -0.493 e. The molecule has 3 rings (SSSR count). The zero-order valence-corrected chi connectivity index (χ0v) is 13.2. The summed E-state index contributed by atoms with van der Waals surface area (Å²) in [5.41, 5.74) is 1.64. The lowest BCUT2D eigenvalue weighted by molar-refractivity contribution is 0.0686. The van der Waals surface area contributed by atoms with Crippen LogP contribution in [0.5, 0.6) is 5.75 Å². The van der Waals surface area contributed by atoms with Crippen LogP contribution in [0.25, 0.3) is 0 Å². The minimum absolute atomic E-state index is 0.0129. The van der Waals surface area contributed by atoms with Crippen molar-refractivity contribution in [1.29, 1.82) is 0 Å². The van der Waals surface area contributed by atoms with Crippen molar-refractivity contribution >= 4 is 21.8 Å². The van der Waals surface area contributed by atoms with Gasteiger partial charge in [-0.3, -0.25) is 9.78 Å². The molecule has 0 unspecified atom stereocenters. The second-order valence-electron chi connectivity index (χ2n) is 4.99. The summed E-state index contributed by atoms with van der Waals surface area (Å²) in [7, 11) is 1.83. The largest absolute Gasteiger partial charge is 0.493 e. The lowest BCUT2D eigenvalue weighted by Crippen LogP contribution is -2.34. The number of aromatic nitrogens is 1. The molecule has 2 aromatic rings. The Bertz CT molecular complexity index is 661. The number of carbonyl (C=O) groups excluding carboxylic acids is 1. The Labute approximate surface area is 131 Å². The molecule has 0 radical (unpaired) electrons. The van der Waals surface area contributed by atoms with Crippen molar-refractivity contribution in [1.82, 2.24) is 9.88 Å². The number of halogens is 1. The number of benzene rings is 1. The predicted octanol–water partition coefficient (Wildman–Crippen LogP) is 3.44. The van der Waals surface area contributed by atoms with E-state index < -0.39 is 0 Å². The van der Waals surface area contributed by atoms with Crippen LogP contribution in [-0.2, 0) is 0 Å². The average molecular weight is 347 g/mol. The van der Waals surface area contributed by atoms with Gasteiger partial charge in [0.25, 0.3) is 5.91 Å². The summed E-state index contributed by atoms with van der Waals surface area (Å²) in [5, 5.41) is 0. The van der Waals surface area contributed by atoms with E-state index in [4.69, 9.17) is 4.74 Å². The van der Waals surface area contributed by atoms with Gasteiger partial charge in [0.05, 0.1) is 18.2 Å². The Morgan fingerprint density at radius 1 is 1.43 bits per heavy atom. The molecule has 2 heterocycles. The van der Waals surface area contributed by atoms with E-state index >= 15 is 0 Å². The normalized spacial score (nSPS) is 16.8. The highest BCUT2D eigenvalue weighted by molar-refractivity contribution is 9.10. The van der Waals surface area contributed by atoms with Crippen LogP contribution in [0.3, 0.4) is 0 Å². The van der Waals surface area contributed by atoms with Crippen LogP contribution >= 0.6 is 15.9 Å². The van der Waals surface area contributed by atoms with Crippen molar-refractivity contribution in [2.75, 3.05) is 13.7 Å². The van der Waals surface area contributed by atoms with Gasteiger partial charge in [-0.25, -0.2) is 0 Å². The van der Waals surface area contributed by atoms with Crippen LogP contribution in [0.4, 0.5) is 0 Å². The number of fused-ring (bicyclic) bond motifs is 1. The van der Waals surface area contributed by atoms with Crippen molar-refractivity contribution in [3.63, 3.8) is 0 Å². The molecular formula is C16H15BrN2O2. The molecule has 1 aliphatic heterocycles. The van der Waals surface area contributed by atoms with Crippen LogP contribution in [-0.4, -0.2) is 29.4 Å². The zero-order valence-electron chi connectivity index (χ0n) is 11.6. The molecule has 0 saturated carbocycles. The standard InChI is InChI=1S/C16H15BrN2O2/c1-19(16(20)11-3-2-7-18-10-11)14-6-8-21-15-5-4-12(17)9-13(14)15/h2-5,7,9-10,14H,6,8H2,1H3/t14-/m1/s1. The van der Waals surface area contributed by atoms with E-state index in [0.29, 0.717) is 12.2 Å². The smallest absolute Gasteiger partial charge is 0.255 e. The third-order valence-electron chi connectivity index (χ3n) is 3.68. The Kier molecular flexibility index (Phi) is 3.92. The van der Waals surface area contributed by atoms with E-state index in [1.54, 1.807) is 29.4 Å². The van der Waals surface area contributed by atoms with Gasteiger partial charge >= 0.3 is 0 Å². The summed E-state index contributed by atoms with van der Waals surface area (Å²) in [6.07, 6.45) is 4.05. The number of hydrogen-bond acceptors (Lipinski definition) is 3. The van der Waals surface area contributed by atoms with Gasteiger partial charge in [-0.2, -0.15) is 0 Å². The van der Waals surface area contributed by atoms with Crippen molar-refractivity contribution in [3.05, 3.63) is 58.3 Å². The van der Waals surface area contributed by atoms with Gasteiger partial charge in [0.2, 0.25) is 0 Å². The molecule has 0 fully saturated rings. The molecule has 5 heteroatoms. The molecule has 1 aliphatic rings. The fourth-order valence-corrected chi connectivity index (χ4v) is 2.96. The van der Waals surface area contributed by atoms with Crippen LogP contribution in [0.15, 0.2) is 47.2 Å². The fourth-order valence-electron chi connectivity index (χ4n) is 2.58. The summed E-state index contributed by atoms with van der Waals surface area (Å²) in [5.74, 6) is 0.821. The van der Waals surface area contributed by atoms with E-state index in [9.17, 15) is 4.79 Å². The lowest BCUT2D eigenvalue weighted by atomic mass is 9.99. The number of nitrogens with zero attached hydrogens (tertiary/aromatic N) is 2. The first-order valence-electron chi connectivity index (χ1n) is 6.76. The summed E-state index contributed by atoms with van der Waals surface area (Å²) < 4.78 is 6.66. The molecule has 21 heavy (non-hydrogen) atoms. The quantitative estimate of drug-likeness (QED) is 0.836. The number of rotatable bonds is 2. The highest BCUT2D eigenvalue weighted by Gasteiger charge is 2.28. The molecule has 1 atom stereocenters. The Morgan fingerprint density at radius 2 is 2.29 bits per heavy atom. The molecule has 4 nitrogen and oxygen atoms in total. The molecule has 1 aromatic carbocycles. The van der Waals surface area contributed by atoms with Crippen molar-refractivity contribution in [2.45, 2.75) is 12.5 Å². The number of pyridine rings is 1. The third-order valence-corrected chi connectivity index (χ3v) is 4.17. The lowest BCUT2D eigenvalue weighted by Gasteiger charge is -2.33. The van der Waals surface area contributed by atoms with E-state index in [2.05, 4.69) is 20.9 Å². The summed E-state index contributed by atoms with van der Waals surface area (Å²) >= 11 is 3.48. The molecule has 1 amide bonds. The van der Waals surface area contributed by atoms with E-state index in [0.717, 1.165) is 22.2 Å². The van der Waals surface area contributed by atoms with Crippen molar-refractivity contribution in [2.24, 2.45) is 0 Å². The zero-order chi connectivity index (χ0) is 14.8. The number of ether oxygens (including phenoxy) is 1. The highest BCUT2D eigenvalue weighted by Crippen LogP contribution is 2.37. The number of carbonyl (C=O) groups is 1. The maximum absolute atomic E-state index is 12.6. The first-order chi connectivity index (χ1) is 10.2. The molecule has 1 aromatic heterocycles. The molecule has 0 aliphatic carbocycles. The third kappa shape index (κ3) is 2.78. The first kappa shape index (κ1) is 14.1. The number of amides is 1. The van der Waals surface area contributed by atoms with Gasteiger partial charge in [0.1, 0.15) is 5.75 Å². The molecule has 108 valence electrons. The Balaban J connectivity index is 1.91. The summed E-state index contributed by atoms with van der Waals surface area (Å²) in [6.45, 7) is 0.615. The van der Waals surface area contributed by atoms with Gasteiger partial charge in [-0.1, -0.05) is 15.9 Å².